The number of aryl methyl sites for hydroxylation is 1. The molecule has 4 rings (SSSR count). The van der Waals surface area contributed by atoms with E-state index in [9.17, 15) is 4.79 Å². The fraction of sp³-hybridized carbons (Fsp3) is 0.136. The number of nitrogens with zero attached hydrogens (tertiary/aromatic N) is 2. The number of hydrogen-bond donors (Lipinski definition) is 2. The number of amides is 1. The van der Waals surface area contributed by atoms with Gasteiger partial charge < -0.3 is 9.47 Å². The molecule has 0 saturated carbocycles. The molecule has 0 aliphatic rings. The molecule has 0 aliphatic heterocycles. The number of thiazole rings is 1. The Morgan fingerprint density at radius 1 is 1.00 bits per heavy atom. The first-order valence-corrected chi connectivity index (χ1v) is 10.0. The van der Waals surface area contributed by atoms with Crippen LogP contribution in [0.5, 0.6) is 11.5 Å². The molecule has 0 fully saturated rings. The number of methoxy groups -OCH3 is 2. The van der Waals surface area contributed by atoms with Gasteiger partial charge in [0.05, 0.1) is 25.6 Å². The molecular weight excluding hydrogens is 400 g/mol. The quantitative estimate of drug-likeness (QED) is 0.469. The Labute approximate surface area is 177 Å². The SMILES string of the molecule is COc1ccc(-c2nc(NC(=O)c3cc(-c4ccccc4)n[nH]3)sc2C)cc1OC. The Balaban J connectivity index is 1.54. The smallest absolute Gasteiger partial charge is 0.275 e. The first kappa shape index (κ1) is 19.7. The summed E-state index contributed by atoms with van der Waals surface area (Å²) in [6, 6.07) is 17.0. The van der Waals surface area contributed by atoms with Crippen LogP contribution in [0, 0.1) is 6.92 Å². The summed E-state index contributed by atoms with van der Waals surface area (Å²) in [5.74, 6) is 0.979. The largest absolute Gasteiger partial charge is 0.493 e. The van der Waals surface area contributed by atoms with Crippen LogP contribution in [0.1, 0.15) is 15.4 Å². The molecule has 0 bridgehead atoms. The zero-order chi connectivity index (χ0) is 21.1. The lowest BCUT2D eigenvalue weighted by molar-refractivity contribution is 0.102. The summed E-state index contributed by atoms with van der Waals surface area (Å²) in [6.45, 7) is 1.96. The molecule has 8 heteroatoms. The fourth-order valence-electron chi connectivity index (χ4n) is 3.06. The number of aromatic amines is 1. The Morgan fingerprint density at radius 3 is 2.50 bits per heavy atom. The Bertz CT molecular complexity index is 1180. The summed E-state index contributed by atoms with van der Waals surface area (Å²) in [4.78, 5) is 18.2. The van der Waals surface area contributed by atoms with Gasteiger partial charge in [-0.15, -0.1) is 11.3 Å². The number of rotatable bonds is 6. The lowest BCUT2D eigenvalue weighted by atomic mass is 10.1. The number of benzene rings is 2. The fourth-order valence-corrected chi connectivity index (χ4v) is 3.89. The van der Waals surface area contributed by atoms with Crippen LogP contribution in [-0.2, 0) is 0 Å². The highest BCUT2D eigenvalue weighted by molar-refractivity contribution is 7.16. The Hall–Kier alpha value is -3.65. The minimum absolute atomic E-state index is 0.294. The summed E-state index contributed by atoms with van der Waals surface area (Å²) < 4.78 is 10.7. The number of H-pyrrole nitrogens is 1. The molecule has 0 unspecified atom stereocenters. The second kappa shape index (κ2) is 8.38. The van der Waals surface area contributed by atoms with Crippen molar-refractivity contribution in [1.82, 2.24) is 15.2 Å². The molecule has 0 atom stereocenters. The van der Waals surface area contributed by atoms with Gasteiger partial charge in [-0.2, -0.15) is 5.10 Å². The van der Waals surface area contributed by atoms with E-state index in [1.807, 2.05) is 55.5 Å². The third-order valence-corrected chi connectivity index (χ3v) is 5.45. The van der Waals surface area contributed by atoms with Crippen LogP contribution in [0.2, 0.25) is 0 Å². The number of hydrogen-bond acceptors (Lipinski definition) is 6. The predicted molar refractivity (Wildman–Crippen MR) is 117 cm³/mol. The van der Waals surface area contributed by atoms with Gasteiger partial charge in [0.25, 0.3) is 5.91 Å². The Kier molecular flexibility index (Phi) is 5.49. The number of aromatic nitrogens is 3. The van der Waals surface area contributed by atoms with Crippen LogP contribution in [0.3, 0.4) is 0 Å². The second-order valence-electron chi connectivity index (χ2n) is 6.48. The summed E-state index contributed by atoms with van der Waals surface area (Å²) in [6.07, 6.45) is 0. The minimum atomic E-state index is -0.294. The molecule has 30 heavy (non-hydrogen) atoms. The van der Waals surface area contributed by atoms with E-state index in [-0.39, 0.29) is 5.91 Å². The normalized spacial score (nSPS) is 10.6. The molecule has 0 radical (unpaired) electrons. The van der Waals surface area contributed by atoms with Crippen molar-refractivity contribution < 1.29 is 14.3 Å². The van der Waals surface area contributed by atoms with Gasteiger partial charge >= 0.3 is 0 Å². The number of carbonyl (C=O) groups excluding carboxylic acids is 1. The van der Waals surface area contributed by atoms with Crippen molar-refractivity contribution in [3.63, 3.8) is 0 Å². The maximum absolute atomic E-state index is 12.6. The minimum Gasteiger partial charge on any atom is -0.493 e. The van der Waals surface area contributed by atoms with E-state index in [1.165, 1.54) is 11.3 Å². The summed E-state index contributed by atoms with van der Waals surface area (Å²) in [7, 11) is 3.19. The molecule has 4 aromatic rings. The third-order valence-electron chi connectivity index (χ3n) is 4.57. The summed E-state index contributed by atoms with van der Waals surface area (Å²) in [5.41, 5.74) is 3.69. The lowest BCUT2D eigenvalue weighted by Gasteiger charge is -2.08. The van der Waals surface area contributed by atoms with E-state index >= 15 is 0 Å². The summed E-state index contributed by atoms with van der Waals surface area (Å²) in [5, 5.41) is 10.4. The van der Waals surface area contributed by atoms with Gasteiger partial charge in [-0.1, -0.05) is 30.3 Å². The van der Waals surface area contributed by atoms with Crippen LogP contribution in [-0.4, -0.2) is 35.3 Å². The van der Waals surface area contributed by atoms with Crippen molar-refractivity contribution in [2.45, 2.75) is 6.92 Å². The highest BCUT2D eigenvalue weighted by atomic mass is 32.1. The van der Waals surface area contributed by atoms with E-state index in [1.54, 1.807) is 20.3 Å². The first-order chi connectivity index (χ1) is 14.6. The van der Waals surface area contributed by atoms with Gasteiger partial charge in [0, 0.05) is 16.0 Å². The average Bonchev–Trinajstić information content (AvgIpc) is 3.41. The Morgan fingerprint density at radius 2 is 1.77 bits per heavy atom. The first-order valence-electron chi connectivity index (χ1n) is 9.21. The molecule has 2 aromatic heterocycles. The highest BCUT2D eigenvalue weighted by Gasteiger charge is 2.16. The molecule has 2 heterocycles. The van der Waals surface area contributed by atoms with Crippen molar-refractivity contribution in [2.75, 3.05) is 19.5 Å². The van der Waals surface area contributed by atoms with Crippen LogP contribution in [0.15, 0.2) is 54.6 Å². The average molecular weight is 420 g/mol. The van der Waals surface area contributed by atoms with Crippen molar-refractivity contribution in [1.29, 1.82) is 0 Å². The van der Waals surface area contributed by atoms with E-state index in [0.29, 0.717) is 28.0 Å². The molecule has 0 spiro atoms. The number of nitrogens with one attached hydrogen (secondary N) is 2. The maximum atomic E-state index is 12.6. The van der Waals surface area contributed by atoms with Crippen LogP contribution in [0.25, 0.3) is 22.5 Å². The standard InChI is InChI=1S/C22H20N4O3S/c1-13-20(15-9-10-18(28-2)19(11-15)29-3)23-22(30-13)24-21(27)17-12-16(25-26-17)14-7-5-4-6-8-14/h4-12H,1-3H3,(H,25,26)(H,23,24,27). The monoisotopic (exact) mass is 420 g/mol. The highest BCUT2D eigenvalue weighted by Crippen LogP contribution is 2.36. The zero-order valence-electron chi connectivity index (χ0n) is 16.7. The van der Waals surface area contributed by atoms with Crippen molar-refractivity contribution in [3.8, 4) is 34.0 Å². The van der Waals surface area contributed by atoms with Gasteiger partial charge in [-0.05, 0) is 31.2 Å². The molecule has 7 nitrogen and oxygen atoms in total. The number of anilines is 1. The van der Waals surface area contributed by atoms with Crippen molar-refractivity contribution in [3.05, 3.63) is 65.2 Å². The van der Waals surface area contributed by atoms with Gasteiger partial charge in [0.15, 0.2) is 16.6 Å². The number of ether oxygens (including phenoxy) is 2. The van der Waals surface area contributed by atoms with Gasteiger partial charge in [0.1, 0.15) is 5.69 Å². The van der Waals surface area contributed by atoms with Crippen LogP contribution < -0.4 is 14.8 Å². The lowest BCUT2D eigenvalue weighted by Crippen LogP contribution is -2.12. The van der Waals surface area contributed by atoms with E-state index in [2.05, 4.69) is 20.5 Å². The number of carbonyl (C=O) groups is 1. The maximum Gasteiger partial charge on any atom is 0.275 e. The predicted octanol–water partition coefficient (Wildman–Crippen LogP) is 4.78. The molecule has 0 saturated heterocycles. The summed E-state index contributed by atoms with van der Waals surface area (Å²) >= 11 is 1.41. The van der Waals surface area contributed by atoms with Crippen LogP contribution in [0.4, 0.5) is 5.13 Å². The van der Waals surface area contributed by atoms with E-state index in [4.69, 9.17) is 9.47 Å². The van der Waals surface area contributed by atoms with E-state index in [0.717, 1.165) is 21.7 Å². The molecule has 2 N–H and O–H groups in total. The molecule has 1 amide bonds. The van der Waals surface area contributed by atoms with E-state index < -0.39 is 0 Å². The van der Waals surface area contributed by atoms with Gasteiger partial charge in [-0.3, -0.25) is 15.2 Å². The van der Waals surface area contributed by atoms with Crippen LogP contribution >= 0.6 is 11.3 Å². The second-order valence-corrected chi connectivity index (χ2v) is 7.68. The molecular formula is C22H20N4O3S. The molecule has 0 aliphatic carbocycles. The third kappa shape index (κ3) is 3.90. The topological polar surface area (TPSA) is 89.1 Å². The van der Waals surface area contributed by atoms with Gasteiger partial charge in [0.2, 0.25) is 0 Å². The molecule has 2 aromatic carbocycles. The van der Waals surface area contributed by atoms with Crippen molar-refractivity contribution in [2.24, 2.45) is 0 Å². The zero-order valence-corrected chi connectivity index (χ0v) is 17.5. The van der Waals surface area contributed by atoms with Gasteiger partial charge in [-0.25, -0.2) is 4.98 Å². The molecule has 152 valence electrons. The van der Waals surface area contributed by atoms with Crippen molar-refractivity contribution >= 4 is 22.4 Å².